The van der Waals surface area contributed by atoms with Crippen molar-refractivity contribution in [1.82, 2.24) is 4.98 Å². The van der Waals surface area contributed by atoms with Crippen LogP contribution >= 0.6 is 23.4 Å². The molecule has 2 heterocycles. The zero-order chi connectivity index (χ0) is 18.3. The minimum atomic E-state index is -0.498. The standard InChI is InChI=1S/C18H14ClN3O3S/c1-9-20-12-7-11(3-4-14(12)25-9)21-17(23)8-16-18(24)22-13-6-10(19)2-5-15(13)26-16/h2-7,16H,8H2,1H3,(H,21,23)(H,22,24)/t16-/m1/s1. The number of anilines is 2. The van der Waals surface area contributed by atoms with E-state index in [0.717, 1.165) is 4.90 Å². The van der Waals surface area contributed by atoms with Crippen LogP contribution in [0.25, 0.3) is 11.1 Å². The van der Waals surface area contributed by atoms with E-state index in [2.05, 4.69) is 15.6 Å². The molecule has 0 saturated heterocycles. The number of carbonyl (C=O) groups excluding carboxylic acids is 2. The van der Waals surface area contributed by atoms with E-state index < -0.39 is 5.25 Å². The van der Waals surface area contributed by atoms with E-state index in [4.69, 9.17) is 16.0 Å². The largest absolute Gasteiger partial charge is 0.441 e. The fraction of sp³-hybridized carbons (Fsp3) is 0.167. The van der Waals surface area contributed by atoms with Crippen LogP contribution in [0.4, 0.5) is 11.4 Å². The number of fused-ring (bicyclic) bond motifs is 2. The van der Waals surface area contributed by atoms with Crippen LogP contribution in [0.1, 0.15) is 12.3 Å². The highest BCUT2D eigenvalue weighted by molar-refractivity contribution is 8.01. The van der Waals surface area contributed by atoms with Crippen molar-refractivity contribution < 1.29 is 14.0 Å². The molecule has 0 radical (unpaired) electrons. The lowest BCUT2D eigenvalue weighted by Gasteiger charge is -2.23. The molecular formula is C18H14ClN3O3S. The predicted molar refractivity (Wildman–Crippen MR) is 102 cm³/mol. The number of amides is 2. The lowest BCUT2D eigenvalue weighted by Crippen LogP contribution is -2.32. The number of nitrogens with zero attached hydrogens (tertiary/aromatic N) is 1. The maximum absolute atomic E-state index is 12.4. The molecule has 8 heteroatoms. The molecule has 2 N–H and O–H groups in total. The zero-order valence-electron chi connectivity index (χ0n) is 13.7. The number of nitrogens with one attached hydrogen (secondary N) is 2. The smallest absolute Gasteiger partial charge is 0.238 e. The molecule has 132 valence electrons. The van der Waals surface area contributed by atoms with E-state index in [1.165, 1.54) is 11.8 Å². The number of rotatable bonds is 3. The Hall–Kier alpha value is -2.51. The molecule has 2 amide bonds. The van der Waals surface area contributed by atoms with Gasteiger partial charge in [0, 0.05) is 29.0 Å². The Labute approximate surface area is 158 Å². The van der Waals surface area contributed by atoms with Gasteiger partial charge in [-0.05, 0) is 36.4 Å². The molecule has 0 bridgehead atoms. The van der Waals surface area contributed by atoms with E-state index in [-0.39, 0.29) is 18.2 Å². The maximum atomic E-state index is 12.4. The highest BCUT2D eigenvalue weighted by atomic mass is 35.5. The third-order valence-electron chi connectivity index (χ3n) is 3.91. The molecule has 0 aliphatic carbocycles. The molecule has 1 aliphatic rings. The molecule has 1 atom stereocenters. The van der Waals surface area contributed by atoms with E-state index in [1.807, 2.05) is 6.07 Å². The lowest BCUT2D eigenvalue weighted by molar-refractivity contribution is -0.120. The van der Waals surface area contributed by atoms with Crippen molar-refractivity contribution in [2.24, 2.45) is 0 Å². The first-order valence-electron chi connectivity index (χ1n) is 7.92. The summed E-state index contributed by atoms with van der Waals surface area (Å²) in [6, 6.07) is 10.6. The van der Waals surface area contributed by atoms with E-state index >= 15 is 0 Å². The fourth-order valence-corrected chi connectivity index (χ4v) is 4.02. The van der Waals surface area contributed by atoms with Crippen LogP contribution in [0.3, 0.4) is 0 Å². The van der Waals surface area contributed by atoms with Gasteiger partial charge in [0.25, 0.3) is 0 Å². The molecule has 0 saturated carbocycles. The first kappa shape index (κ1) is 16.9. The van der Waals surface area contributed by atoms with Crippen LogP contribution in [-0.4, -0.2) is 22.0 Å². The quantitative estimate of drug-likeness (QED) is 0.702. The van der Waals surface area contributed by atoms with Crippen LogP contribution in [0.2, 0.25) is 5.02 Å². The summed E-state index contributed by atoms with van der Waals surface area (Å²) >= 11 is 7.30. The van der Waals surface area contributed by atoms with E-state index in [9.17, 15) is 9.59 Å². The third kappa shape index (κ3) is 3.40. The molecule has 26 heavy (non-hydrogen) atoms. The SMILES string of the molecule is Cc1nc2cc(NC(=O)C[C@H]3Sc4ccc(Cl)cc4NC3=O)ccc2o1. The van der Waals surface area contributed by atoms with Gasteiger partial charge in [0.15, 0.2) is 11.5 Å². The molecule has 4 rings (SSSR count). The highest BCUT2D eigenvalue weighted by Crippen LogP contribution is 2.38. The second-order valence-electron chi connectivity index (χ2n) is 5.90. The second-order valence-corrected chi connectivity index (χ2v) is 7.58. The van der Waals surface area contributed by atoms with Gasteiger partial charge in [-0.15, -0.1) is 11.8 Å². The molecule has 1 aliphatic heterocycles. The zero-order valence-corrected chi connectivity index (χ0v) is 15.3. The average Bonchev–Trinajstić information content (AvgIpc) is 2.95. The minimum absolute atomic E-state index is 0.0639. The summed E-state index contributed by atoms with van der Waals surface area (Å²) in [6.07, 6.45) is 0.0639. The van der Waals surface area contributed by atoms with Gasteiger partial charge in [-0.2, -0.15) is 0 Å². The van der Waals surface area contributed by atoms with Gasteiger partial charge < -0.3 is 15.1 Å². The number of oxazole rings is 1. The summed E-state index contributed by atoms with van der Waals surface area (Å²) in [4.78, 5) is 29.8. The van der Waals surface area contributed by atoms with Gasteiger partial charge in [0.05, 0.1) is 10.9 Å². The van der Waals surface area contributed by atoms with Crippen molar-refractivity contribution in [3.05, 3.63) is 47.3 Å². The fourth-order valence-electron chi connectivity index (χ4n) is 2.76. The number of hydrogen-bond acceptors (Lipinski definition) is 5. The Morgan fingerprint density at radius 2 is 2.19 bits per heavy atom. The lowest BCUT2D eigenvalue weighted by atomic mass is 10.2. The molecule has 2 aromatic carbocycles. The molecule has 0 fully saturated rings. The number of benzene rings is 2. The van der Waals surface area contributed by atoms with Crippen molar-refractivity contribution in [3.8, 4) is 0 Å². The van der Waals surface area contributed by atoms with Crippen molar-refractivity contribution in [1.29, 1.82) is 0 Å². The Morgan fingerprint density at radius 3 is 3.04 bits per heavy atom. The number of hydrogen-bond donors (Lipinski definition) is 2. The highest BCUT2D eigenvalue weighted by Gasteiger charge is 2.29. The van der Waals surface area contributed by atoms with Gasteiger partial charge in [0.1, 0.15) is 5.52 Å². The van der Waals surface area contributed by atoms with Crippen LogP contribution < -0.4 is 10.6 Å². The first-order chi connectivity index (χ1) is 12.5. The second kappa shape index (κ2) is 6.66. The number of halogens is 1. The minimum Gasteiger partial charge on any atom is -0.441 e. The molecule has 0 unspecified atom stereocenters. The summed E-state index contributed by atoms with van der Waals surface area (Å²) in [6.45, 7) is 1.77. The Kier molecular flexibility index (Phi) is 4.34. The monoisotopic (exact) mass is 387 g/mol. The summed E-state index contributed by atoms with van der Waals surface area (Å²) in [5.41, 5.74) is 2.63. The van der Waals surface area contributed by atoms with Crippen LogP contribution in [0, 0.1) is 6.92 Å². The van der Waals surface area contributed by atoms with Crippen LogP contribution in [-0.2, 0) is 9.59 Å². The van der Waals surface area contributed by atoms with Gasteiger partial charge in [-0.1, -0.05) is 11.6 Å². The normalized spacial score (nSPS) is 16.2. The van der Waals surface area contributed by atoms with E-state index in [0.29, 0.717) is 33.4 Å². The summed E-state index contributed by atoms with van der Waals surface area (Å²) in [7, 11) is 0. The van der Waals surface area contributed by atoms with Gasteiger partial charge in [0.2, 0.25) is 11.8 Å². The molecular weight excluding hydrogens is 374 g/mol. The number of carbonyl (C=O) groups is 2. The maximum Gasteiger partial charge on any atom is 0.238 e. The Balaban J connectivity index is 1.45. The summed E-state index contributed by atoms with van der Waals surface area (Å²) < 4.78 is 5.42. The molecule has 1 aromatic heterocycles. The molecule has 0 spiro atoms. The Morgan fingerprint density at radius 1 is 1.35 bits per heavy atom. The van der Waals surface area contributed by atoms with Crippen molar-refractivity contribution >= 4 is 57.7 Å². The van der Waals surface area contributed by atoms with Gasteiger partial charge >= 0.3 is 0 Å². The predicted octanol–water partition coefficient (Wildman–Crippen LogP) is 4.23. The third-order valence-corrected chi connectivity index (χ3v) is 5.42. The number of thioether (sulfide) groups is 1. The average molecular weight is 388 g/mol. The first-order valence-corrected chi connectivity index (χ1v) is 9.18. The number of aromatic nitrogens is 1. The van der Waals surface area contributed by atoms with Gasteiger partial charge in [-0.3, -0.25) is 9.59 Å². The van der Waals surface area contributed by atoms with Crippen molar-refractivity contribution in [2.75, 3.05) is 10.6 Å². The summed E-state index contributed by atoms with van der Waals surface area (Å²) in [5, 5.41) is 5.67. The van der Waals surface area contributed by atoms with Crippen molar-refractivity contribution in [3.63, 3.8) is 0 Å². The van der Waals surface area contributed by atoms with E-state index in [1.54, 1.807) is 37.3 Å². The molecule has 6 nitrogen and oxygen atoms in total. The van der Waals surface area contributed by atoms with Crippen LogP contribution in [0.15, 0.2) is 45.7 Å². The van der Waals surface area contributed by atoms with Crippen LogP contribution in [0.5, 0.6) is 0 Å². The topological polar surface area (TPSA) is 84.2 Å². The summed E-state index contributed by atoms with van der Waals surface area (Å²) in [5.74, 6) is 0.120. The van der Waals surface area contributed by atoms with Crippen molar-refractivity contribution in [2.45, 2.75) is 23.5 Å². The molecule has 3 aromatic rings. The Bertz CT molecular complexity index is 1030. The number of aryl methyl sites for hydroxylation is 1. The van der Waals surface area contributed by atoms with Gasteiger partial charge in [-0.25, -0.2) is 4.98 Å².